The molecule has 1 aliphatic rings. The van der Waals surface area contributed by atoms with Gasteiger partial charge in [0.2, 0.25) is 0 Å². The lowest BCUT2D eigenvalue weighted by atomic mass is 10.1. The SMILES string of the molecule is O=c1c(CN2CCCCC2)coc2ccc(-c3ccccn3)cc12. The number of piperidine rings is 1. The molecule has 0 unspecified atom stereocenters. The van der Waals surface area contributed by atoms with Crippen LogP contribution < -0.4 is 5.43 Å². The normalized spacial score (nSPS) is 15.7. The molecule has 1 aromatic carbocycles. The highest BCUT2D eigenvalue weighted by molar-refractivity contribution is 5.82. The first-order valence-corrected chi connectivity index (χ1v) is 8.49. The van der Waals surface area contributed by atoms with Gasteiger partial charge in [-0.05, 0) is 56.3 Å². The maximum absolute atomic E-state index is 12.9. The fraction of sp³-hybridized carbons (Fsp3) is 0.300. The summed E-state index contributed by atoms with van der Waals surface area (Å²) in [5, 5.41) is 0.632. The van der Waals surface area contributed by atoms with Gasteiger partial charge in [0.05, 0.1) is 17.3 Å². The molecule has 2 aromatic heterocycles. The second-order valence-corrected chi connectivity index (χ2v) is 6.35. The number of likely N-dealkylation sites (tertiary alicyclic amines) is 1. The topological polar surface area (TPSA) is 46.3 Å². The number of aromatic nitrogens is 1. The molecule has 0 amide bonds. The summed E-state index contributed by atoms with van der Waals surface area (Å²) in [5.41, 5.74) is 3.23. The quantitative estimate of drug-likeness (QED) is 0.735. The predicted octanol–water partition coefficient (Wildman–Crippen LogP) is 3.84. The summed E-state index contributed by atoms with van der Waals surface area (Å²) in [6, 6.07) is 11.5. The van der Waals surface area contributed by atoms with Crippen molar-refractivity contribution in [1.82, 2.24) is 9.88 Å². The standard InChI is InChI=1S/C20H20N2O2/c23-20-16(13-22-10-4-1-5-11-22)14-24-19-8-7-15(12-17(19)20)18-6-2-3-9-21-18/h2-3,6-9,12,14H,1,4-5,10-11,13H2. The van der Waals surface area contributed by atoms with E-state index in [9.17, 15) is 4.79 Å². The zero-order chi connectivity index (χ0) is 16.4. The number of pyridine rings is 1. The molecule has 1 aliphatic heterocycles. The average Bonchev–Trinajstić information content (AvgIpc) is 2.65. The van der Waals surface area contributed by atoms with Gasteiger partial charge < -0.3 is 4.42 Å². The van der Waals surface area contributed by atoms with Gasteiger partial charge in [0.15, 0.2) is 5.43 Å². The first-order chi connectivity index (χ1) is 11.8. The van der Waals surface area contributed by atoms with E-state index in [0.717, 1.165) is 29.9 Å². The van der Waals surface area contributed by atoms with Crippen molar-refractivity contribution in [3.05, 3.63) is 64.6 Å². The number of hydrogen-bond donors (Lipinski definition) is 0. The van der Waals surface area contributed by atoms with Gasteiger partial charge in [-0.1, -0.05) is 12.5 Å². The molecule has 24 heavy (non-hydrogen) atoms. The van der Waals surface area contributed by atoms with E-state index in [1.54, 1.807) is 12.5 Å². The average molecular weight is 320 g/mol. The lowest BCUT2D eigenvalue weighted by Gasteiger charge is -2.25. The highest BCUT2D eigenvalue weighted by Crippen LogP contribution is 2.22. The summed E-state index contributed by atoms with van der Waals surface area (Å²) < 4.78 is 5.71. The molecule has 0 spiro atoms. The largest absolute Gasteiger partial charge is 0.464 e. The maximum Gasteiger partial charge on any atom is 0.197 e. The number of nitrogens with zero attached hydrogens (tertiary/aromatic N) is 2. The number of rotatable bonds is 3. The summed E-state index contributed by atoms with van der Waals surface area (Å²) >= 11 is 0. The monoisotopic (exact) mass is 320 g/mol. The Kier molecular flexibility index (Phi) is 4.13. The minimum Gasteiger partial charge on any atom is -0.464 e. The Hall–Kier alpha value is -2.46. The summed E-state index contributed by atoms with van der Waals surface area (Å²) in [6.45, 7) is 2.79. The second kappa shape index (κ2) is 6.57. The van der Waals surface area contributed by atoms with Gasteiger partial charge in [-0.15, -0.1) is 0 Å². The zero-order valence-electron chi connectivity index (χ0n) is 13.6. The van der Waals surface area contributed by atoms with Crippen molar-refractivity contribution in [3.63, 3.8) is 0 Å². The van der Waals surface area contributed by atoms with E-state index in [-0.39, 0.29) is 5.43 Å². The van der Waals surface area contributed by atoms with E-state index in [1.165, 1.54) is 19.3 Å². The van der Waals surface area contributed by atoms with Gasteiger partial charge >= 0.3 is 0 Å². The first kappa shape index (κ1) is 15.1. The van der Waals surface area contributed by atoms with Crippen molar-refractivity contribution < 1.29 is 4.42 Å². The third kappa shape index (κ3) is 2.97. The summed E-state index contributed by atoms with van der Waals surface area (Å²) in [5.74, 6) is 0. The van der Waals surface area contributed by atoms with Crippen molar-refractivity contribution in [2.45, 2.75) is 25.8 Å². The van der Waals surface area contributed by atoms with E-state index in [1.807, 2.05) is 36.4 Å². The number of hydrogen-bond acceptors (Lipinski definition) is 4. The number of benzene rings is 1. The van der Waals surface area contributed by atoms with E-state index < -0.39 is 0 Å². The molecule has 0 aliphatic carbocycles. The van der Waals surface area contributed by atoms with E-state index in [0.29, 0.717) is 17.5 Å². The second-order valence-electron chi connectivity index (χ2n) is 6.35. The van der Waals surface area contributed by atoms with Crippen LogP contribution in [-0.4, -0.2) is 23.0 Å². The fourth-order valence-corrected chi connectivity index (χ4v) is 3.33. The van der Waals surface area contributed by atoms with Crippen molar-refractivity contribution in [1.29, 1.82) is 0 Å². The van der Waals surface area contributed by atoms with Crippen LogP contribution in [-0.2, 0) is 6.54 Å². The molecule has 4 nitrogen and oxygen atoms in total. The van der Waals surface area contributed by atoms with Crippen LogP contribution in [0.2, 0.25) is 0 Å². The van der Waals surface area contributed by atoms with Crippen molar-refractivity contribution in [2.24, 2.45) is 0 Å². The van der Waals surface area contributed by atoms with Crippen molar-refractivity contribution >= 4 is 11.0 Å². The van der Waals surface area contributed by atoms with Crippen LogP contribution in [0.25, 0.3) is 22.2 Å². The molecule has 122 valence electrons. The minimum absolute atomic E-state index is 0.0691. The Bertz CT molecular complexity index is 896. The van der Waals surface area contributed by atoms with Gasteiger partial charge in [0, 0.05) is 23.9 Å². The molecule has 4 heteroatoms. The zero-order valence-corrected chi connectivity index (χ0v) is 13.6. The summed E-state index contributed by atoms with van der Waals surface area (Å²) in [6.07, 6.45) is 7.09. The Morgan fingerprint density at radius 2 is 1.96 bits per heavy atom. The smallest absolute Gasteiger partial charge is 0.197 e. The van der Waals surface area contributed by atoms with Gasteiger partial charge in [-0.25, -0.2) is 0 Å². The minimum atomic E-state index is 0.0691. The van der Waals surface area contributed by atoms with Crippen LogP contribution in [0.15, 0.2) is 58.1 Å². The molecule has 0 bridgehead atoms. The highest BCUT2D eigenvalue weighted by atomic mass is 16.3. The summed E-state index contributed by atoms with van der Waals surface area (Å²) in [4.78, 5) is 19.6. The van der Waals surface area contributed by atoms with Gasteiger partial charge in [-0.2, -0.15) is 0 Å². The molecule has 0 radical (unpaired) electrons. The first-order valence-electron chi connectivity index (χ1n) is 8.49. The molecule has 3 aromatic rings. The van der Waals surface area contributed by atoms with Crippen LogP contribution >= 0.6 is 0 Å². The Morgan fingerprint density at radius 3 is 2.75 bits per heavy atom. The van der Waals surface area contributed by atoms with Gasteiger partial charge in [0.1, 0.15) is 5.58 Å². The molecular formula is C20H20N2O2. The van der Waals surface area contributed by atoms with Gasteiger partial charge in [0.25, 0.3) is 0 Å². The number of fused-ring (bicyclic) bond motifs is 1. The maximum atomic E-state index is 12.9. The van der Waals surface area contributed by atoms with Crippen molar-refractivity contribution in [3.8, 4) is 11.3 Å². The van der Waals surface area contributed by atoms with E-state index >= 15 is 0 Å². The highest BCUT2D eigenvalue weighted by Gasteiger charge is 2.14. The third-order valence-electron chi connectivity index (χ3n) is 4.65. The molecular weight excluding hydrogens is 300 g/mol. The van der Waals surface area contributed by atoms with Crippen molar-refractivity contribution in [2.75, 3.05) is 13.1 Å². The molecule has 1 saturated heterocycles. The predicted molar refractivity (Wildman–Crippen MR) is 94.8 cm³/mol. The lowest BCUT2D eigenvalue weighted by Crippen LogP contribution is -2.31. The van der Waals surface area contributed by atoms with Crippen LogP contribution in [0.1, 0.15) is 24.8 Å². The van der Waals surface area contributed by atoms with Crippen LogP contribution in [0, 0.1) is 0 Å². The van der Waals surface area contributed by atoms with E-state index in [4.69, 9.17) is 4.42 Å². The molecule has 0 N–H and O–H groups in total. The van der Waals surface area contributed by atoms with Gasteiger partial charge in [-0.3, -0.25) is 14.7 Å². The molecule has 3 heterocycles. The van der Waals surface area contributed by atoms with Crippen LogP contribution in [0.3, 0.4) is 0 Å². The Morgan fingerprint density at radius 1 is 1.08 bits per heavy atom. The van der Waals surface area contributed by atoms with E-state index in [2.05, 4.69) is 9.88 Å². The Balaban J connectivity index is 1.72. The van der Waals surface area contributed by atoms with Crippen LogP contribution in [0.5, 0.6) is 0 Å². The third-order valence-corrected chi connectivity index (χ3v) is 4.65. The molecule has 4 rings (SSSR count). The fourth-order valence-electron chi connectivity index (χ4n) is 3.33. The van der Waals surface area contributed by atoms with Crippen LogP contribution in [0.4, 0.5) is 0 Å². The summed E-state index contributed by atoms with van der Waals surface area (Å²) in [7, 11) is 0. The molecule has 0 saturated carbocycles. The molecule has 0 atom stereocenters. The lowest BCUT2D eigenvalue weighted by molar-refractivity contribution is 0.219. The Labute approximate surface area is 140 Å². The molecule has 1 fully saturated rings.